The minimum absolute atomic E-state index is 0.0483. The van der Waals surface area contributed by atoms with Crippen molar-refractivity contribution < 1.29 is 18.7 Å². The molecule has 1 aromatic carbocycles. The van der Waals surface area contributed by atoms with Crippen LogP contribution in [0.25, 0.3) is 0 Å². The van der Waals surface area contributed by atoms with E-state index in [1.807, 2.05) is 0 Å². The van der Waals surface area contributed by atoms with Crippen LogP contribution in [0.3, 0.4) is 0 Å². The van der Waals surface area contributed by atoms with Crippen LogP contribution < -0.4 is 15.1 Å². The van der Waals surface area contributed by atoms with Gasteiger partial charge in [0, 0.05) is 29.9 Å². The first kappa shape index (κ1) is 23.0. The number of halogens is 3. The summed E-state index contributed by atoms with van der Waals surface area (Å²) in [7, 11) is 4.20. The lowest BCUT2D eigenvalue weighted by molar-refractivity contribution is 0.221. The van der Waals surface area contributed by atoms with E-state index in [4.69, 9.17) is 11.6 Å². The van der Waals surface area contributed by atoms with E-state index in [9.17, 15) is 18.7 Å². The van der Waals surface area contributed by atoms with Gasteiger partial charge in [0.2, 0.25) is 5.95 Å². The van der Waals surface area contributed by atoms with E-state index < -0.39 is 23.4 Å². The Morgan fingerprint density at radius 2 is 1.88 bits per heavy atom. The third-order valence-electron chi connectivity index (χ3n) is 6.90. The molecule has 2 fully saturated rings. The highest BCUT2D eigenvalue weighted by Gasteiger charge is 2.43. The summed E-state index contributed by atoms with van der Waals surface area (Å²) in [6.07, 6.45) is 7.42. The first-order valence-corrected chi connectivity index (χ1v) is 11.9. The number of rotatable bonds is 5. The Morgan fingerprint density at radius 1 is 1.18 bits per heavy atom. The van der Waals surface area contributed by atoms with Gasteiger partial charge in [-0.3, -0.25) is 9.80 Å². The molecule has 182 valence electrons. The summed E-state index contributed by atoms with van der Waals surface area (Å²) >= 11 is 6.09. The van der Waals surface area contributed by atoms with Crippen LogP contribution >= 0.6 is 11.6 Å². The lowest BCUT2D eigenvalue weighted by atomic mass is 9.91. The van der Waals surface area contributed by atoms with E-state index in [0.717, 1.165) is 49.5 Å². The summed E-state index contributed by atoms with van der Waals surface area (Å²) < 4.78 is 28.5. The number of nitrogens with zero attached hydrogens (tertiary/aromatic N) is 5. The lowest BCUT2D eigenvalue weighted by Crippen LogP contribution is -2.49. The number of phenolic OH excluding ortho intramolecular Hbond substituents is 1. The number of hydrogen-bond acceptors (Lipinski definition) is 6. The zero-order chi connectivity index (χ0) is 24.1. The maximum absolute atomic E-state index is 14.8. The summed E-state index contributed by atoms with van der Waals surface area (Å²) in [4.78, 5) is 27.5. The molecule has 0 spiro atoms. The predicted octanol–water partition coefficient (Wildman–Crippen LogP) is 4.51. The molecule has 8 nitrogen and oxygen atoms in total. The average molecular weight is 493 g/mol. The van der Waals surface area contributed by atoms with Crippen LogP contribution in [0.4, 0.5) is 31.0 Å². The summed E-state index contributed by atoms with van der Waals surface area (Å²) in [5.74, 6) is -2.68. The van der Waals surface area contributed by atoms with Crippen LogP contribution in [0.15, 0.2) is 12.3 Å². The number of anilines is 3. The number of aromatic hydroxyl groups is 1. The van der Waals surface area contributed by atoms with Gasteiger partial charge in [0.05, 0.1) is 11.6 Å². The molecule has 2 heterocycles. The van der Waals surface area contributed by atoms with E-state index in [2.05, 4.69) is 34.3 Å². The quantitative estimate of drug-likeness (QED) is 0.639. The monoisotopic (exact) mass is 492 g/mol. The maximum Gasteiger partial charge on any atom is 0.330 e. The zero-order valence-corrected chi connectivity index (χ0v) is 19.8. The third-order valence-corrected chi connectivity index (χ3v) is 7.19. The van der Waals surface area contributed by atoms with Gasteiger partial charge >= 0.3 is 6.03 Å². The molecule has 0 saturated heterocycles. The fourth-order valence-electron chi connectivity index (χ4n) is 4.82. The number of carbonyl (C=O) groups is 1. The van der Waals surface area contributed by atoms with E-state index in [1.165, 1.54) is 4.90 Å². The van der Waals surface area contributed by atoms with Gasteiger partial charge < -0.3 is 15.3 Å². The third kappa shape index (κ3) is 4.13. The van der Waals surface area contributed by atoms with Gasteiger partial charge in [-0.2, -0.15) is 4.98 Å². The van der Waals surface area contributed by atoms with Gasteiger partial charge in [0.25, 0.3) is 0 Å². The van der Waals surface area contributed by atoms with Crippen LogP contribution in [-0.4, -0.2) is 58.2 Å². The zero-order valence-electron chi connectivity index (χ0n) is 19.1. The van der Waals surface area contributed by atoms with Crippen molar-refractivity contribution in [2.45, 2.75) is 63.2 Å². The molecule has 0 atom stereocenters. The maximum atomic E-state index is 14.8. The first-order valence-electron chi connectivity index (χ1n) is 11.5. The molecule has 0 unspecified atom stereocenters. The lowest BCUT2D eigenvalue weighted by Gasteiger charge is -2.37. The number of amides is 2. The highest BCUT2D eigenvalue weighted by molar-refractivity contribution is 6.34. The number of nitrogens with one attached hydrogen (secondary N) is 1. The van der Waals surface area contributed by atoms with Crippen molar-refractivity contribution in [3.8, 4) is 5.75 Å². The standard InChI is InChI=1S/C23H27ClF2N6O2/c1-30(2)14-5-3-13(4-6-14)28-22-27-10-12-11-31(19-16(24)9-17(25)20(33)18(19)26)23(34)32(15-7-8-15)21(12)29-22/h9-10,13-15,33H,3-8,11H2,1-2H3,(H,27,28,29). The molecule has 2 amide bonds. The van der Waals surface area contributed by atoms with Crippen molar-refractivity contribution in [2.75, 3.05) is 29.2 Å². The molecule has 5 rings (SSSR count). The van der Waals surface area contributed by atoms with E-state index >= 15 is 0 Å². The molecule has 11 heteroatoms. The van der Waals surface area contributed by atoms with Crippen molar-refractivity contribution in [2.24, 2.45) is 0 Å². The number of benzene rings is 1. The first-order chi connectivity index (χ1) is 16.2. The van der Waals surface area contributed by atoms with Crippen LogP contribution in [-0.2, 0) is 6.54 Å². The summed E-state index contributed by atoms with van der Waals surface area (Å²) in [5, 5.41) is 12.9. The van der Waals surface area contributed by atoms with Gasteiger partial charge in [0.1, 0.15) is 11.5 Å². The van der Waals surface area contributed by atoms with Crippen LogP contribution in [0, 0.1) is 11.6 Å². The molecular formula is C23H27ClF2N6O2. The van der Waals surface area contributed by atoms with Gasteiger partial charge in [-0.15, -0.1) is 0 Å². The molecule has 1 aliphatic heterocycles. The molecule has 2 aromatic rings. The Balaban J connectivity index is 1.42. The predicted molar refractivity (Wildman–Crippen MR) is 125 cm³/mol. The number of carbonyl (C=O) groups excluding carboxylic acids is 1. The number of hydrogen-bond donors (Lipinski definition) is 2. The highest BCUT2D eigenvalue weighted by atomic mass is 35.5. The second-order valence-corrected chi connectivity index (χ2v) is 9.88. The molecule has 34 heavy (non-hydrogen) atoms. The highest BCUT2D eigenvalue weighted by Crippen LogP contribution is 2.43. The van der Waals surface area contributed by atoms with E-state index in [-0.39, 0.29) is 29.3 Å². The largest absolute Gasteiger partial charge is 0.503 e. The van der Waals surface area contributed by atoms with Crippen molar-refractivity contribution in [3.05, 3.63) is 34.5 Å². The van der Waals surface area contributed by atoms with E-state index in [1.54, 1.807) is 6.20 Å². The molecule has 1 aromatic heterocycles. The fraction of sp³-hybridized carbons (Fsp3) is 0.522. The second kappa shape index (κ2) is 8.81. The van der Waals surface area contributed by atoms with E-state index in [0.29, 0.717) is 23.4 Å². The van der Waals surface area contributed by atoms with Gasteiger partial charge in [-0.1, -0.05) is 11.6 Å². The summed E-state index contributed by atoms with van der Waals surface area (Å²) in [6, 6.07) is 1.05. The minimum Gasteiger partial charge on any atom is -0.503 e. The molecule has 3 aliphatic rings. The summed E-state index contributed by atoms with van der Waals surface area (Å²) in [5.41, 5.74) is 0.259. The van der Waals surface area contributed by atoms with Gasteiger partial charge in [0.15, 0.2) is 17.4 Å². The van der Waals surface area contributed by atoms with Crippen LogP contribution in [0.1, 0.15) is 44.1 Å². The van der Waals surface area contributed by atoms with Gasteiger partial charge in [-0.05, 0) is 58.7 Å². The van der Waals surface area contributed by atoms with Crippen molar-refractivity contribution in [1.29, 1.82) is 0 Å². The minimum atomic E-state index is -1.27. The number of urea groups is 1. The topological polar surface area (TPSA) is 84.8 Å². The molecule has 2 N–H and O–H groups in total. The molecule has 0 bridgehead atoms. The Bertz CT molecular complexity index is 1120. The number of fused-ring (bicyclic) bond motifs is 1. The molecule has 0 radical (unpaired) electrons. The van der Waals surface area contributed by atoms with Crippen LogP contribution in [0.2, 0.25) is 5.02 Å². The molecule has 2 saturated carbocycles. The smallest absolute Gasteiger partial charge is 0.330 e. The average Bonchev–Trinajstić information content (AvgIpc) is 3.63. The Hall–Kier alpha value is -2.72. The SMILES string of the molecule is CN(C)C1CCC(Nc2ncc3c(n2)N(C2CC2)C(=O)N(c2c(Cl)cc(F)c(O)c2F)C3)CC1. The number of phenols is 1. The fourth-order valence-corrected chi connectivity index (χ4v) is 5.10. The van der Waals surface area contributed by atoms with Crippen molar-refractivity contribution in [1.82, 2.24) is 14.9 Å². The normalized spacial score (nSPS) is 22.8. The second-order valence-electron chi connectivity index (χ2n) is 9.48. The molecular weight excluding hydrogens is 466 g/mol. The van der Waals surface area contributed by atoms with Crippen LogP contribution in [0.5, 0.6) is 5.75 Å². The Labute approximate surface area is 201 Å². The molecule has 2 aliphatic carbocycles. The number of aromatic nitrogens is 2. The Kier molecular flexibility index (Phi) is 5.97. The Morgan fingerprint density at radius 3 is 2.53 bits per heavy atom. The van der Waals surface area contributed by atoms with Gasteiger partial charge in [-0.25, -0.2) is 18.6 Å². The van der Waals surface area contributed by atoms with Crippen molar-refractivity contribution >= 4 is 35.1 Å². The van der Waals surface area contributed by atoms with Crippen molar-refractivity contribution in [3.63, 3.8) is 0 Å². The summed E-state index contributed by atoms with van der Waals surface area (Å²) in [6.45, 7) is -0.0483.